The van der Waals surface area contributed by atoms with Crippen molar-refractivity contribution < 1.29 is 9.84 Å². The number of hydrogen-bond donors (Lipinski definition) is 2. The second-order valence-electron chi connectivity index (χ2n) is 2.57. The number of aliphatic hydroxyl groups is 1. The molecule has 0 amide bonds. The van der Waals surface area contributed by atoms with Crippen molar-refractivity contribution in [2.45, 2.75) is 39.0 Å². The molecule has 11 heavy (non-hydrogen) atoms. The van der Waals surface area contributed by atoms with Gasteiger partial charge in [0.15, 0.2) is 0 Å². The SMILES string of the molecule is CCCCCCO[C@H](O)NC. The summed E-state index contributed by atoms with van der Waals surface area (Å²) in [7, 11) is 1.66. The normalized spacial score (nSPS) is 13.4. The Morgan fingerprint density at radius 3 is 2.64 bits per heavy atom. The Morgan fingerprint density at radius 2 is 2.09 bits per heavy atom. The van der Waals surface area contributed by atoms with E-state index in [1.165, 1.54) is 19.3 Å². The minimum absolute atomic E-state index is 0.641. The summed E-state index contributed by atoms with van der Waals surface area (Å²) in [5, 5.41) is 11.5. The van der Waals surface area contributed by atoms with E-state index in [-0.39, 0.29) is 0 Å². The summed E-state index contributed by atoms with van der Waals surface area (Å²) in [6.07, 6.45) is 3.91. The molecule has 0 aromatic carbocycles. The largest absolute Gasteiger partial charge is 0.356 e. The van der Waals surface area contributed by atoms with Gasteiger partial charge in [0.1, 0.15) is 0 Å². The number of hydrogen-bond acceptors (Lipinski definition) is 3. The Hall–Kier alpha value is -0.120. The predicted molar refractivity (Wildman–Crippen MR) is 45.2 cm³/mol. The zero-order chi connectivity index (χ0) is 8.53. The molecule has 68 valence electrons. The monoisotopic (exact) mass is 161 g/mol. The number of rotatable bonds is 7. The fourth-order valence-electron chi connectivity index (χ4n) is 0.807. The van der Waals surface area contributed by atoms with Crippen LogP contribution in [0.15, 0.2) is 0 Å². The highest BCUT2D eigenvalue weighted by atomic mass is 16.6. The Morgan fingerprint density at radius 1 is 1.36 bits per heavy atom. The van der Waals surface area contributed by atoms with E-state index in [1.54, 1.807) is 7.05 Å². The van der Waals surface area contributed by atoms with Crippen molar-refractivity contribution in [2.75, 3.05) is 13.7 Å². The van der Waals surface area contributed by atoms with Crippen molar-refractivity contribution in [3.05, 3.63) is 0 Å². The average molecular weight is 161 g/mol. The first-order valence-electron chi connectivity index (χ1n) is 4.28. The summed E-state index contributed by atoms with van der Waals surface area (Å²) in [4.78, 5) is 0. The van der Waals surface area contributed by atoms with Crippen molar-refractivity contribution in [3.63, 3.8) is 0 Å². The highest BCUT2D eigenvalue weighted by Gasteiger charge is 1.96. The Kier molecular flexibility index (Phi) is 7.89. The fraction of sp³-hybridized carbons (Fsp3) is 1.00. The van der Waals surface area contributed by atoms with Crippen LogP contribution in [-0.2, 0) is 4.74 Å². The predicted octanol–water partition coefficient (Wildman–Crippen LogP) is 1.08. The van der Waals surface area contributed by atoms with Gasteiger partial charge in [0.2, 0.25) is 6.41 Å². The Bertz CT molecular complexity index is 78.5. The summed E-state index contributed by atoms with van der Waals surface area (Å²) >= 11 is 0. The Balaban J connectivity index is 2.89. The maximum Gasteiger partial charge on any atom is 0.213 e. The summed E-state index contributed by atoms with van der Waals surface area (Å²) in [6, 6.07) is 0. The molecule has 0 fully saturated rings. The molecule has 3 nitrogen and oxygen atoms in total. The van der Waals surface area contributed by atoms with Crippen LogP contribution in [0.25, 0.3) is 0 Å². The van der Waals surface area contributed by atoms with E-state index >= 15 is 0 Å². The third kappa shape index (κ3) is 7.78. The molecule has 0 bridgehead atoms. The highest BCUT2D eigenvalue weighted by molar-refractivity contribution is 4.39. The molecular weight excluding hydrogens is 142 g/mol. The summed E-state index contributed by atoms with van der Waals surface area (Å²) in [5.74, 6) is 0. The molecule has 0 heterocycles. The number of ether oxygens (including phenoxy) is 1. The van der Waals surface area contributed by atoms with Crippen LogP contribution in [0.1, 0.15) is 32.6 Å². The lowest BCUT2D eigenvalue weighted by atomic mass is 10.2. The van der Waals surface area contributed by atoms with Crippen molar-refractivity contribution in [3.8, 4) is 0 Å². The topological polar surface area (TPSA) is 41.5 Å². The van der Waals surface area contributed by atoms with Crippen LogP contribution in [-0.4, -0.2) is 25.2 Å². The number of unbranched alkanes of at least 4 members (excludes halogenated alkanes) is 3. The lowest BCUT2D eigenvalue weighted by Crippen LogP contribution is -2.27. The minimum Gasteiger partial charge on any atom is -0.356 e. The van der Waals surface area contributed by atoms with E-state index in [9.17, 15) is 0 Å². The number of nitrogens with one attached hydrogen (secondary N) is 1. The summed E-state index contributed by atoms with van der Waals surface area (Å²) in [5.41, 5.74) is 0. The van der Waals surface area contributed by atoms with Crippen LogP contribution in [0.2, 0.25) is 0 Å². The fourth-order valence-corrected chi connectivity index (χ4v) is 0.807. The molecule has 0 aromatic rings. The van der Waals surface area contributed by atoms with E-state index in [0.717, 1.165) is 6.42 Å². The van der Waals surface area contributed by atoms with Gasteiger partial charge in [-0.25, -0.2) is 0 Å². The van der Waals surface area contributed by atoms with Crippen LogP contribution in [0, 0.1) is 0 Å². The molecule has 0 saturated heterocycles. The van der Waals surface area contributed by atoms with Gasteiger partial charge in [-0.3, -0.25) is 5.32 Å². The first-order valence-corrected chi connectivity index (χ1v) is 4.28. The standard InChI is InChI=1S/C8H19NO2/c1-3-4-5-6-7-11-8(10)9-2/h8-10H,3-7H2,1-2H3/t8-/m0/s1. The van der Waals surface area contributed by atoms with Gasteiger partial charge >= 0.3 is 0 Å². The van der Waals surface area contributed by atoms with Crippen LogP contribution in [0.3, 0.4) is 0 Å². The van der Waals surface area contributed by atoms with Crippen LogP contribution < -0.4 is 5.32 Å². The van der Waals surface area contributed by atoms with E-state index < -0.39 is 6.41 Å². The smallest absolute Gasteiger partial charge is 0.213 e. The molecule has 0 saturated carbocycles. The van der Waals surface area contributed by atoms with Crippen LogP contribution in [0.4, 0.5) is 0 Å². The van der Waals surface area contributed by atoms with E-state index in [0.29, 0.717) is 6.61 Å². The van der Waals surface area contributed by atoms with Gasteiger partial charge in [-0.2, -0.15) is 0 Å². The van der Waals surface area contributed by atoms with Crippen molar-refractivity contribution in [2.24, 2.45) is 0 Å². The quantitative estimate of drug-likeness (QED) is 0.433. The maximum absolute atomic E-state index is 8.88. The maximum atomic E-state index is 8.88. The average Bonchev–Trinajstić information content (AvgIpc) is 2.04. The van der Waals surface area contributed by atoms with Crippen LogP contribution >= 0.6 is 0 Å². The zero-order valence-electron chi connectivity index (χ0n) is 7.47. The van der Waals surface area contributed by atoms with Gasteiger partial charge in [-0.05, 0) is 13.5 Å². The third-order valence-electron chi connectivity index (χ3n) is 1.52. The molecular formula is C8H19NO2. The molecule has 0 unspecified atom stereocenters. The lowest BCUT2D eigenvalue weighted by Gasteiger charge is -2.09. The lowest BCUT2D eigenvalue weighted by molar-refractivity contribution is -0.116. The van der Waals surface area contributed by atoms with Crippen LogP contribution in [0.5, 0.6) is 0 Å². The summed E-state index contributed by atoms with van der Waals surface area (Å²) < 4.78 is 4.98. The molecule has 0 spiro atoms. The Labute approximate surface area is 68.8 Å². The van der Waals surface area contributed by atoms with Gasteiger partial charge in [-0.15, -0.1) is 0 Å². The van der Waals surface area contributed by atoms with Crippen molar-refractivity contribution >= 4 is 0 Å². The third-order valence-corrected chi connectivity index (χ3v) is 1.52. The summed E-state index contributed by atoms with van der Waals surface area (Å²) in [6.45, 7) is 2.81. The van der Waals surface area contributed by atoms with Crippen molar-refractivity contribution in [1.29, 1.82) is 0 Å². The molecule has 3 heteroatoms. The molecule has 0 radical (unpaired) electrons. The van der Waals surface area contributed by atoms with Crippen molar-refractivity contribution in [1.82, 2.24) is 5.32 Å². The molecule has 0 rings (SSSR count). The van der Waals surface area contributed by atoms with E-state index in [4.69, 9.17) is 9.84 Å². The first-order chi connectivity index (χ1) is 5.31. The van der Waals surface area contributed by atoms with Gasteiger partial charge in [0.25, 0.3) is 0 Å². The first kappa shape index (κ1) is 10.9. The molecule has 0 aliphatic heterocycles. The van der Waals surface area contributed by atoms with E-state index in [2.05, 4.69) is 12.2 Å². The molecule has 0 aliphatic carbocycles. The van der Waals surface area contributed by atoms with Gasteiger partial charge in [0, 0.05) is 0 Å². The highest BCUT2D eigenvalue weighted by Crippen LogP contribution is 1.98. The number of aliphatic hydroxyl groups excluding tert-OH is 1. The molecule has 1 atom stereocenters. The van der Waals surface area contributed by atoms with E-state index in [1.807, 2.05) is 0 Å². The molecule has 2 N–H and O–H groups in total. The van der Waals surface area contributed by atoms with Gasteiger partial charge in [0.05, 0.1) is 6.61 Å². The van der Waals surface area contributed by atoms with Gasteiger partial charge in [-0.1, -0.05) is 26.2 Å². The minimum atomic E-state index is -0.795. The zero-order valence-corrected chi connectivity index (χ0v) is 7.47. The van der Waals surface area contributed by atoms with Gasteiger partial charge < -0.3 is 9.84 Å². The second kappa shape index (κ2) is 7.98. The molecule has 0 aliphatic rings. The second-order valence-corrected chi connectivity index (χ2v) is 2.57. The molecule has 0 aromatic heterocycles.